The number of ether oxygens (including phenoxy) is 1. The SMILES string of the molecule is CC(=O)NC(C)(C)c1noc(CCN2C(=O)COc3ccccc32)n1. The van der Waals surface area contributed by atoms with Gasteiger partial charge in [0.25, 0.3) is 5.91 Å². The van der Waals surface area contributed by atoms with Crippen molar-refractivity contribution in [2.75, 3.05) is 18.1 Å². The van der Waals surface area contributed by atoms with E-state index in [2.05, 4.69) is 15.5 Å². The molecule has 1 aliphatic rings. The summed E-state index contributed by atoms with van der Waals surface area (Å²) in [7, 11) is 0. The Bertz CT molecular complexity index is 799. The Morgan fingerprint density at radius 1 is 1.36 bits per heavy atom. The molecule has 0 spiro atoms. The van der Waals surface area contributed by atoms with Crippen molar-refractivity contribution in [2.24, 2.45) is 0 Å². The van der Waals surface area contributed by atoms with Gasteiger partial charge in [0, 0.05) is 19.9 Å². The molecule has 0 unspecified atom stereocenters. The summed E-state index contributed by atoms with van der Waals surface area (Å²) in [5.41, 5.74) is 0.00618. The van der Waals surface area contributed by atoms with Crippen molar-refractivity contribution in [1.29, 1.82) is 0 Å². The highest BCUT2D eigenvalue weighted by Crippen LogP contribution is 2.31. The van der Waals surface area contributed by atoms with Gasteiger partial charge >= 0.3 is 0 Å². The highest BCUT2D eigenvalue weighted by Gasteiger charge is 2.29. The van der Waals surface area contributed by atoms with Crippen molar-refractivity contribution in [3.63, 3.8) is 0 Å². The molecule has 1 N–H and O–H groups in total. The van der Waals surface area contributed by atoms with Crippen molar-refractivity contribution < 1.29 is 18.8 Å². The first kappa shape index (κ1) is 16.9. The maximum atomic E-state index is 12.2. The molecule has 0 aliphatic carbocycles. The van der Waals surface area contributed by atoms with Crippen LogP contribution in [-0.4, -0.2) is 35.1 Å². The molecule has 1 aromatic carbocycles. The molecule has 2 amide bonds. The summed E-state index contributed by atoms with van der Waals surface area (Å²) in [6.07, 6.45) is 0.406. The Morgan fingerprint density at radius 2 is 2.12 bits per heavy atom. The van der Waals surface area contributed by atoms with E-state index in [1.54, 1.807) is 18.7 Å². The summed E-state index contributed by atoms with van der Waals surface area (Å²) in [4.78, 5) is 29.4. The molecule has 0 radical (unpaired) electrons. The van der Waals surface area contributed by atoms with Crippen LogP contribution in [0.4, 0.5) is 5.69 Å². The number of fused-ring (bicyclic) bond motifs is 1. The third kappa shape index (κ3) is 3.62. The van der Waals surface area contributed by atoms with Crippen LogP contribution in [0.25, 0.3) is 0 Å². The number of hydrogen-bond donors (Lipinski definition) is 1. The summed E-state index contributed by atoms with van der Waals surface area (Å²) < 4.78 is 10.7. The molecule has 1 aliphatic heterocycles. The minimum atomic E-state index is -0.727. The minimum Gasteiger partial charge on any atom is -0.482 e. The van der Waals surface area contributed by atoms with Gasteiger partial charge in [0.15, 0.2) is 12.4 Å². The first-order valence-corrected chi connectivity index (χ1v) is 8.01. The summed E-state index contributed by atoms with van der Waals surface area (Å²) in [5, 5.41) is 6.71. The van der Waals surface area contributed by atoms with Crippen molar-refractivity contribution in [3.05, 3.63) is 36.0 Å². The van der Waals surface area contributed by atoms with Gasteiger partial charge < -0.3 is 19.5 Å². The topological polar surface area (TPSA) is 97.6 Å². The van der Waals surface area contributed by atoms with Gasteiger partial charge in [-0.2, -0.15) is 4.98 Å². The van der Waals surface area contributed by atoms with Gasteiger partial charge in [-0.1, -0.05) is 17.3 Å². The molecular formula is C17H20N4O4. The van der Waals surface area contributed by atoms with Crippen molar-refractivity contribution in [2.45, 2.75) is 32.7 Å². The number of carbonyl (C=O) groups is 2. The van der Waals surface area contributed by atoms with Gasteiger partial charge in [-0.05, 0) is 26.0 Å². The number of para-hydroxylation sites is 2. The molecule has 3 rings (SSSR count). The van der Waals surface area contributed by atoms with Crippen molar-refractivity contribution in [1.82, 2.24) is 15.5 Å². The van der Waals surface area contributed by atoms with E-state index in [9.17, 15) is 9.59 Å². The number of amides is 2. The molecular weight excluding hydrogens is 324 g/mol. The first-order chi connectivity index (χ1) is 11.9. The van der Waals surface area contributed by atoms with E-state index < -0.39 is 5.54 Å². The summed E-state index contributed by atoms with van der Waals surface area (Å²) in [6.45, 7) is 5.45. The predicted octanol–water partition coefficient (Wildman–Crippen LogP) is 1.41. The lowest BCUT2D eigenvalue weighted by molar-refractivity contribution is -0.121. The van der Waals surface area contributed by atoms with E-state index in [1.807, 2.05) is 24.3 Å². The van der Waals surface area contributed by atoms with E-state index in [0.29, 0.717) is 30.4 Å². The lowest BCUT2D eigenvalue weighted by atomic mass is 10.1. The van der Waals surface area contributed by atoms with E-state index in [-0.39, 0.29) is 18.4 Å². The molecule has 25 heavy (non-hydrogen) atoms. The van der Waals surface area contributed by atoms with Gasteiger partial charge in [-0.15, -0.1) is 0 Å². The molecule has 0 saturated heterocycles. The largest absolute Gasteiger partial charge is 0.482 e. The van der Waals surface area contributed by atoms with Gasteiger partial charge in [0.1, 0.15) is 5.75 Å². The number of nitrogens with one attached hydrogen (secondary N) is 1. The molecule has 132 valence electrons. The molecule has 1 aromatic heterocycles. The van der Waals surface area contributed by atoms with Crippen LogP contribution in [0, 0.1) is 0 Å². The number of rotatable bonds is 5. The molecule has 0 fully saturated rings. The minimum absolute atomic E-state index is 0.0155. The number of hydrogen-bond acceptors (Lipinski definition) is 6. The van der Waals surface area contributed by atoms with E-state index in [1.165, 1.54) is 6.92 Å². The van der Waals surface area contributed by atoms with Crippen LogP contribution in [0.1, 0.15) is 32.5 Å². The van der Waals surface area contributed by atoms with Crippen LogP contribution < -0.4 is 15.0 Å². The molecule has 0 bridgehead atoms. The second kappa shape index (κ2) is 6.54. The standard InChI is InChI=1S/C17H20N4O4/c1-11(22)19-17(2,3)16-18-14(25-20-16)8-9-21-12-6-4-5-7-13(12)24-10-15(21)23/h4-7H,8-10H2,1-3H3,(H,19,22). The zero-order valence-electron chi connectivity index (χ0n) is 14.4. The number of aromatic nitrogens is 2. The van der Waals surface area contributed by atoms with Gasteiger partial charge in [-0.25, -0.2) is 0 Å². The fraction of sp³-hybridized carbons (Fsp3) is 0.412. The maximum Gasteiger partial charge on any atom is 0.265 e. The normalized spacial score (nSPS) is 14.0. The third-order valence-corrected chi connectivity index (χ3v) is 3.87. The summed E-state index contributed by atoms with van der Waals surface area (Å²) in [5.74, 6) is 1.19. The zero-order valence-corrected chi connectivity index (χ0v) is 14.4. The smallest absolute Gasteiger partial charge is 0.265 e. The van der Waals surface area contributed by atoms with Crippen LogP contribution in [0.15, 0.2) is 28.8 Å². The van der Waals surface area contributed by atoms with Crippen LogP contribution >= 0.6 is 0 Å². The van der Waals surface area contributed by atoms with Crippen LogP contribution in [0.3, 0.4) is 0 Å². The fourth-order valence-corrected chi connectivity index (χ4v) is 2.71. The van der Waals surface area contributed by atoms with E-state index in [4.69, 9.17) is 9.26 Å². The van der Waals surface area contributed by atoms with Crippen LogP contribution in [0.5, 0.6) is 5.75 Å². The number of benzene rings is 1. The molecule has 8 heteroatoms. The number of anilines is 1. The molecule has 2 aromatic rings. The van der Waals surface area contributed by atoms with E-state index in [0.717, 1.165) is 5.69 Å². The Morgan fingerprint density at radius 3 is 2.88 bits per heavy atom. The fourth-order valence-electron chi connectivity index (χ4n) is 2.71. The maximum absolute atomic E-state index is 12.2. The van der Waals surface area contributed by atoms with Crippen molar-refractivity contribution >= 4 is 17.5 Å². The Hall–Kier alpha value is -2.90. The zero-order chi connectivity index (χ0) is 18.0. The van der Waals surface area contributed by atoms with Crippen LogP contribution in [-0.2, 0) is 21.5 Å². The average molecular weight is 344 g/mol. The Balaban J connectivity index is 1.71. The average Bonchev–Trinajstić information content (AvgIpc) is 3.03. The highest BCUT2D eigenvalue weighted by atomic mass is 16.5. The highest BCUT2D eigenvalue weighted by molar-refractivity contribution is 5.97. The van der Waals surface area contributed by atoms with E-state index >= 15 is 0 Å². The lowest BCUT2D eigenvalue weighted by Gasteiger charge is -2.28. The first-order valence-electron chi connectivity index (χ1n) is 8.01. The molecule has 2 heterocycles. The van der Waals surface area contributed by atoms with Gasteiger partial charge in [-0.3, -0.25) is 9.59 Å². The summed E-state index contributed by atoms with van der Waals surface area (Å²) >= 11 is 0. The third-order valence-electron chi connectivity index (χ3n) is 3.87. The molecule has 0 saturated carbocycles. The second-order valence-corrected chi connectivity index (χ2v) is 6.37. The summed E-state index contributed by atoms with van der Waals surface area (Å²) in [6, 6.07) is 7.39. The predicted molar refractivity (Wildman–Crippen MR) is 89.1 cm³/mol. The van der Waals surface area contributed by atoms with Gasteiger partial charge in [0.2, 0.25) is 11.8 Å². The quantitative estimate of drug-likeness (QED) is 0.881. The number of nitrogens with zero attached hydrogens (tertiary/aromatic N) is 3. The second-order valence-electron chi connectivity index (χ2n) is 6.37. The Labute approximate surface area is 145 Å². The van der Waals surface area contributed by atoms with Crippen molar-refractivity contribution in [3.8, 4) is 5.75 Å². The van der Waals surface area contributed by atoms with Crippen LogP contribution in [0.2, 0.25) is 0 Å². The number of carbonyl (C=O) groups excluding carboxylic acids is 2. The van der Waals surface area contributed by atoms with Gasteiger partial charge in [0.05, 0.1) is 11.2 Å². The Kier molecular flexibility index (Phi) is 4.43. The molecule has 0 atom stereocenters. The molecule has 8 nitrogen and oxygen atoms in total. The monoisotopic (exact) mass is 344 g/mol. The lowest BCUT2D eigenvalue weighted by Crippen LogP contribution is -2.40.